The van der Waals surface area contributed by atoms with Gasteiger partial charge in [0.25, 0.3) is 0 Å². The number of nitrogens with one attached hydrogen (secondary N) is 2. The smallest absolute Gasteiger partial charge is 0.417 e. The van der Waals surface area contributed by atoms with Gasteiger partial charge in [0.2, 0.25) is 0 Å². The summed E-state index contributed by atoms with van der Waals surface area (Å²) in [6.07, 6.45) is -2.65. The molecule has 0 unspecified atom stereocenters. The van der Waals surface area contributed by atoms with Gasteiger partial charge in [0.05, 0.1) is 23.4 Å². The minimum Gasteiger partial charge on any atom is -0.495 e. The van der Waals surface area contributed by atoms with Crippen LogP contribution >= 0.6 is 11.6 Å². The Labute approximate surface area is 162 Å². The van der Waals surface area contributed by atoms with Gasteiger partial charge >= 0.3 is 6.18 Å². The lowest BCUT2D eigenvalue weighted by molar-refractivity contribution is -0.137. The molecule has 1 aromatic carbocycles. The van der Waals surface area contributed by atoms with Crippen LogP contribution in [0.1, 0.15) is 5.56 Å². The Balaban J connectivity index is 1.88. The summed E-state index contributed by atoms with van der Waals surface area (Å²) in [5, 5.41) is 5.50. The second kappa shape index (κ2) is 7.77. The van der Waals surface area contributed by atoms with Crippen LogP contribution in [0.25, 0.3) is 0 Å². The molecule has 0 saturated carbocycles. The number of nitrogen functional groups attached to an aromatic ring is 1. The van der Waals surface area contributed by atoms with Gasteiger partial charge in [0.15, 0.2) is 11.6 Å². The Morgan fingerprint density at radius 1 is 1.04 bits per heavy atom. The minimum absolute atomic E-state index is 0.0247. The van der Waals surface area contributed by atoms with Gasteiger partial charge in [-0.1, -0.05) is 23.7 Å². The summed E-state index contributed by atoms with van der Waals surface area (Å²) in [6, 6.07) is 7.89. The molecule has 0 aliphatic heterocycles. The van der Waals surface area contributed by atoms with Crippen molar-refractivity contribution in [3.8, 4) is 5.75 Å². The van der Waals surface area contributed by atoms with E-state index in [1.54, 1.807) is 24.3 Å². The van der Waals surface area contributed by atoms with Gasteiger partial charge in [0.1, 0.15) is 23.6 Å². The fourth-order valence-corrected chi connectivity index (χ4v) is 2.48. The maximum absolute atomic E-state index is 12.7. The molecule has 28 heavy (non-hydrogen) atoms. The molecule has 0 bridgehead atoms. The number of pyridine rings is 1. The Morgan fingerprint density at radius 2 is 1.71 bits per heavy atom. The highest BCUT2D eigenvalue weighted by Crippen LogP contribution is 2.35. The van der Waals surface area contributed by atoms with Crippen LogP contribution in [0.15, 0.2) is 42.9 Å². The van der Waals surface area contributed by atoms with Crippen molar-refractivity contribution >= 4 is 40.4 Å². The lowest BCUT2D eigenvalue weighted by Crippen LogP contribution is -2.08. The summed E-state index contributed by atoms with van der Waals surface area (Å²) in [4.78, 5) is 11.8. The Kier molecular flexibility index (Phi) is 5.41. The van der Waals surface area contributed by atoms with Gasteiger partial charge in [-0.2, -0.15) is 13.2 Å². The number of rotatable bonds is 5. The standard InChI is InChI=1S/C17H14ClF3N6O/c1-28-12-5-3-2-4-11(12)26-15-13(22)16(25-8-24-15)27-14-10(18)6-9(7-23-14)17(19,20)21/h2-8H,22H2,1H3,(H2,23,24,25,26,27). The number of anilines is 5. The number of halogens is 4. The molecule has 2 aromatic heterocycles. The Bertz CT molecular complexity index is 999. The van der Waals surface area contributed by atoms with Crippen molar-refractivity contribution in [2.45, 2.75) is 6.18 Å². The average Bonchev–Trinajstić information content (AvgIpc) is 2.66. The highest BCUT2D eigenvalue weighted by molar-refractivity contribution is 6.33. The van der Waals surface area contributed by atoms with Crippen LogP contribution in [0.3, 0.4) is 0 Å². The van der Waals surface area contributed by atoms with Gasteiger partial charge < -0.3 is 21.1 Å². The normalized spacial score (nSPS) is 11.2. The molecule has 2 heterocycles. The summed E-state index contributed by atoms with van der Waals surface area (Å²) in [6.45, 7) is 0. The molecule has 7 nitrogen and oxygen atoms in total. The second-order valence-corrected chi connectivity index (χ2v) is 5.89. The van der Waals surface area contributed by atoms with E-state index < -0.39 is 11.7 Å². The second-order valence-electron chi connectivity index (χ2n) is 5.49. The molecule has 0 radical (unpaired) electrons. The van der Waals surface area contributed by atoms with E-state index in [1.807, 2.05) is 0 Å². The first-order valence-corrected chi connectivity index (χ1v) is 8.17. The third-order valence-electron chi connectivity index (χ3n) is 3.65. The number of benzene rings is 1. The number of ether oxygens (including phenoxy) is 1. The average molecular weight is 411 g/mol. The van der Waals surface area contributed by atoms with E-state index in [4.69, 9.17) is 22.1 Å². The molecule has 0 spiro atoms. The van der Waals surface area contributed by atoms with Crippen LogP contribution in [-0.4, -0.2) is 22.1 Å². The number of nitrogens with zero attached hydrogens (tertiary/aromatic N) is 3. The number of para-hydroxylation sites is 2. The molecule has 0 aliphatic carbocycles. The topological polar surface area (TPSA) is 98.0 Å². The number of hydrogen-bond donors (Lipinski definition) is 3. The SMILES string of the molecule is COc1ccccc1Nc1ncnc(Nc2ncc(C(F)(F)F)cc2Cl)c1N. The van der Waals surface area contributed by atoms with Crippen molar-refractivity contribution in [3.63, 3.8) is 0 Å². The number of hydrogen-bond acceptors (Lipinski definition) is 7. The van der Waals surface area contributed by atoms with E-state index in [0.29, 0.717) is 17.6 Å². The molecule has 4 N–H and O–H groups in total. The third kappa shape index (κ3) is 4.17. The van der Waals surface area contributed by atoms with E-state index in [2.05, 4.69) is 25.6 Å². The van der Waals surface area contributed by atoms with Gasteiger partial charge in [0, 0.05) is 6.20 Å². The zero-order valence-electron chi connectivity index (χ0n) is 14.4. The molecule has 0 aliphatic rings. The van der Waals surface area contributed by atoms with E-state index in [0.717, 1.165) is 6.07 Å². The summed E-state index contributed by atoms with van der Waals surface area (Å²) in [5.74, 6) is 0.942. The van der Waals surface area contributed by atoms with E-state index in [1.165, 1.54) is 13.4 Å². The lowest BCUT2D eigenvalue weighted by Gasteiger charge is -2.15. The van der Waals surface area contributed by atoms with Crippen LogP contribution in [0.2, 0.25) is 5.02 Å². The maximum atomic E-state index is 12.7. The molecule has 0 fully saturated rings. The van der Waals surface area contributed by atoms with Crippen molar-refractivity contribution in [2.24, 2.45) is 0 Å². The first kappa shape index (κ1) is 19.5. The highest BCUT2D eigenvalue weighted by atomic mass is 35.5. The van der Waals surface area contributed by atoms with Crippen molar-refractivity contribution in [1.82, 2.24) is 15.0 Å². The largest absolute Gasteiger partial charge is 0.495 e. The molecular formula is C17H14ClF3N6O. The molecule has 0 saturated heterocycles. The van der Waals surface area contributed by atoms with Gasteiger partial charge in [-0.05, 0) is 18.2 Å². The highest BCUT2D eigenvalue weighted by Gasteiger charge is 2.31. The van der Waals surface area contributed by atoms with Crippen molar-refractivity contribution in [1.29, 1.82) is 0 Å². The quantitative estimate of drug-likeness (QED) is 0.564. The zero-order valence-corrected chi connectivity index (χ0v) is 15.1. The number of aromatic nitrogens is 3. The molecule has 146 valence electrons. The van der Waals surface area contributed by atoms with Crippen molar-refractivity contribution in [3.05, 3.63) is 53.4 Å². The molecule has 0 atom stereocenters. The summed E-state index contributed by atoms with van der Waals surface area (Å²) in [5.41, 5.74) is 5.85. The van der Waals surface area contributed by atoms with Crippen molar-refractivity contribution < 1.29 is 17.9 Å². The molecule has 0 amide bonds. The molecule has 3 rings (SSSR count). The minimum atomic E-state index is -4.55. The van der Waals surface area contributed by atoms with Gasteiger partial charge in [-0.3, -0.25) is 0 Å². The fourth-order valence-electron chi connectivity index (χ4n) is 2.27. The molecule has 3 aromatic rings. The van der Waals surface area contributed by atoms with E-state index >= 15 is 0 Å². The Morgan fingerprint density at radius 3 is 2.36 bits per heavy atom. The van der Waals surface area contributed by atoms with E-state index in [9.17, 15) is 13.2 Å². The van der Waals surface area contributed by atoms with Gasteiger partial charge in [-0.15, -0.1) is 0 Å². The molecule has 11 heteroatoms. The summed E-state index contributed by atoms with van der Waals surface area (Å²) < 4.78 is 43.5. The van der Waals surface area contributed by atoms with E-state index in [-0.39, 0.29) is 28.2 Å². The zero-order chi connectivity index (χ0) is 20.3. The monoisotopic (exact) mass is 410 g/mol. The maximum Gasteiger partial charge on any atom is 0.417 e. The third-order valence-corrected chi connectivity index (χ3v) is 3.94. The van der Waals surface area contributed by atoms with Crippen LogP contribution < -0.4 is 21.1 Å². The lowest BCUT2D eigenvalue weighted by atomic mass is 10.2. The predicted molar refractivity (Wildman–Crippen MR) is 100 cm³/mol. The Hall–Kier alpha value is -3.27. The first-order valence-electron chi connectivity index (χ1n) is 7.80. The van der Waals surface area contributed by atoms with Crippen LogP contribution in [0, 0.1) is 0 Å². The summed E-state index contributed by atoms with van der Waals surface area (Å²) in [7, 11) is 1.52. The van der Waals surface area contributed by atoms with Crippen molar-refractivity contribution in [2.75, 3.05) is 23.5 Å². The first-order chi connectivity index (χ1) is 13.3. The van der Waals surface area contributed by atoms with Crippen LogP contribution in [0.5, 0.6) is 5.75 Å². The molecular weight excluding hydrogens is 397 g/mol. The van der Waals surface area contributed by atoms with Gasteiger partial charge in [-0.25, -0.2) is 15.0 Å². The summed E-state index contributed by atoms with van der Waals surface area (Å²) >= 11 is 5.91. The fraction of sp³-hybridized carbons (Fsp3) is 0.118. The number of alkyl halides is 3. The van der Waals surface area contributed by atoms with Crippen LogP contribution in [0.4, 0.5) is 42.0 Å². The predicted octanol–water partition coefficient (Wildman–Crippen LogP) is 4.62. The van der Waals surface area contributed by atoms with Crippen LogP contribution in [-0.2, 0) is 6.18 Å². The number of methoxy groups -OCH3 is 1. The number of nitrogens with two attached hydrogens (primary N) is 1.